The molecule has 0 N–H and O–H groups in total. The first-order valence-electron chi connectivity index (χ1n) is 10.3. The number of nitrogens with zero attached hydrogens (tertiary/aromatic N) is 3. The van der Waals surface area contributed by atoms with Crippen molar-refractivity contribution in [3.8, 4) is 0 Å². The van der Waals surface area contributed by atoms with Crippen molar-refractivity contribution in [2.24, 2.45) is 11.8 Å². The van der Waals surface area contributed by atoms with E-state index in [1.165, 1.54) is 0 Å². The SMILES string of the molecule is Cc1ccc(N2CC(C(=O)N3CCC(CSc4ccccn4)CC3)CC2=O)cc1. The van der Waals surface area contributed by atoms with Crippen LogP contribution in [0.5, 0.6) is 0 Å². The molecule has 0 spiro atoms. The minimum Gasteiger partial charge on any atom is -0.342 e. The Morgan fingerprint density at radius 3 is 2.59 bits per heavy atom. The second-order valence-corrected chi connectivity index (χ2v) is 9.03. The van der Waals surface area contributed by atoms with Crippen LogP contribution < -0.4 is 4.90 Å². The Hall–Kier alpha value is -2.34. The van der Waals surface area contributed by atoms with Crippen LogP contribution >= 0.6 is 11.8 Å². The fourth-order valence-electron chi connectivity index (χ4n) is 4.06. The lowest BCUT2D eigenvalue weighted by Gasteiger charge is -2.33. The highest BCUT2D eigenvalue weighted by Crippen LogP contribution is 2.29. The monoisotopic (exact) mass is 409 g/mol. The van der Waals surface area contributed by atoms with Crippen molar-refractivity contribution in [2.75, 3.05) is 30.3 Å². The van der Waals surface area contributed by atoms with Crippen LogP contribution in [0.1, 0.15) is 24.8 Å². The normalized spacial score (nSPS) is 20.3. The average Bonchev–Trinajstić information content (AvgIpc) is 3.15. The van der Waals surface area contributed by atoms with Gasteiger partial charge in [0.25, 0.3) is 0 Å². The van der Waals surface area contributed by atoms with E-state index in [-0.39, 0.29) is 17.7 Å². The largest absolute Gasteiger partial charge is 0.342 e. The van der Waals surface area contributed by atoms with E-state index in [0.29, 0.717) is 18.9 Å². The third-order valence-corrected chi connectivity index (χ3v) is 7.03. The summed E-state index contributed by atoms with van der Waals surface area (Å²) in [5.41, 5.74) is 2.05. The summed E-state index contributed by atoms with van der Waals surface area (Å²) in [6.45, 7) is 4.11. The number of piperidine rings is 1. The fourth-order valence-corrected chi connectivity index (χ4v) is 5.11. The summed E-state index contributed by atoms with van der Waals surface area (Å²) < 4.78 is 0. The topological polar surface area (TPSA) is 53.5 Å². The third-order valence-electron chi connectivity index (χ3n) is 5.85. The first kappa shape index (κ1) is 20.0. The number of thioether (sulfide) groups is 1. The Morgan fingerprint density at radius 1 is 1.14 bits per heavy atom. The van der Waals surface area contributed by atoms with Gasteiger partial charge < -0.3 is 9.80 Å². The first-order chi connectivity index (χ1) is 14.1. The molecule has 1 aromatic heterocycles. The summed E-state index contributed by atoms with van der Waals surface area (Å²) in [7, 11) is 0. The smallest absolute Gasteiger partial charge is 0.228 e. The van der Waals surface area contributed by atoms with Gasteiger partial charge in [0.15, 0.2) is 0 Å². The van der Waals surface area contributed by atoms with E-state index in [9.17, 15) is 9.59 Å². The molecule has 2 amide bonds. The third kappa shape index (κ3) is 4.81. The van der Waals surface area contributed by atoms with Crippen molar-refractivity contribution < 1.29 is 9.59 Å². The fraction of sp³-hybridized carbons (Fsp3) is 0.435. The highest BCUT2D eigenvalue weighted by Gasteiger charge is 2.38. The first-order valence-corrected chi connectivity index (χ1v) is 11.3. The van der Waals surface area contributed by atoms with Gasteiger partial charge in [0.1, 0.15) is 0 Å². The summed E-state index contributed by atoms with van der Waals surface area (Å²) in [5, 5.41) is 1.06. The molecule has 1 atom stereocenters. The second-order valence-electron chi connectivity index (χ2n) is 7.99. The number of anilines is 1. The van der Waals surface area contributed by atoms with Crippen LogP contribution in [-0.2, 0) is 9.59 Å². The number of likely N-dealkylation sites (tertiary alicyclic amines) is 1. The van der Waals surface area contributed by atoms with Gasteiger partial charge in [0.05, 0.1) is 10.9 Å². The predicted molar refractivity (Wildman–Crippen MR) is 116 cm³/mol. The molecule has 5 nitrogen and oxygen atoms in total. The van der Waals surface area contributed by atoms with Crippen molar-refractivity contribution in [1.82, 2.24) is 9.88 Å². The van der Waals surface area contributed by atoms with Crippen LogP contribution in [-0.4, -0.2) is 47.1 Å². The van der Waals surface area contributed by atoms with Gasteiger partial charge in [0.2, 0.25) is 11.8 Å². The van der Waals surface area contributed by atoms with Crippen LogP contribution in [0.4, 0.5) is 5.69 Å². The lowest BCUT2D eigenvalue weighted by Crippen LogP contribution is -2.42. The van der Waals surface area contributed by atoms with Crippen molar-refractivity contribution in [2.45, 2.75) is 31.2 Å². The number of amides is 2. The Balaban J connectivity index is 1.27. The number of carbonyl (C=O) groups excluding carboxylic acids is 2. The molecule has 1 aromatic carbocycles. The quantitative estimate of drug-likeness (QED) is 0.706. The molecule has 0 saturated carbocycles. The molecule has 2 aromatic rings. The van der Waals surface area contributed by atoms with Gasteiger partial charge >= 0.3 is 0 Å². The van der Waals surface area contributed by atoms with E-state index in [1.54, 1.807) is 16.7 Å². The van der Waals surface area contributed by atoms with E-state index in [4.69, 9.17) is 0 Å². The molecule has 2 fully saturated rings. The lowest BCUT2D eigenvalue weighted by atomic mass is 9.97. The lowest BCUT2D eigenvalue weighted by molar-refractivity contribution is -0.137. The minimum atomic E-state index is -0.219. The summed E-state index contributed by atoms with van der Waals surface area (Å²) in [4.78, 5) is 33.6. The zero-order valence-electron chi connectivity index (χ0n) is 16.8. The van der Waals surface area contributed by atoms with Gasteiger partial charge in [-0.3, -0.25) is 9.59 Å². The molecule has 1 unspecified atom stereocenters. The zero-order valence-corrected chi connectivity index (χ0v) is 17.6. The molecule has 2 aliphatic heterocycles. The van der Waals surface area contributed by atoms with Crippen LogP contribution in [0.3, 0.4) is 0 Å². The summed E-state index contributed by atoms with van der Waals surface area (Å²) in [6, 6.07) is 13.9. The van der Waals surface area contributed by atoms with E-state index in [2.05, 4.69) is 4.98 Å². The van der Waals surface area contributed by atoms with E-state index < -0.39 is 0 Å². The van der Waals surface area contributed by atoms with Gasteiger partial charge in [-0.1, -0.05) is 23.8 Å². The molecule has 6 heteroatoms. The molecular formula is C23H27N3O2S. The maximum absolute atomic E-state index is 13.0. The van der Waals surface area contributed by atoms with Gasteiger partial charge in [-0.25, -0.2) is 4.98 Å². The standard InChI is InChI=1S/C23H27N3O2S/c1-17-5-7-20(8-6-17)26-15-19(14-22(26)27)23(28)25-12-9-18(10-13-25)16-29-21-4-2-3-11-24-21/h2-8,11,18-19H,9-10,12-16H2,1H3. The number of carbonyl (C=O) groups is 2. The number of hydrogen-bond acceptors (Lipinski definition) is 4. The van der Waals surface area contributed by atoms with Crippen molar-refractivity contribution in [1.29, 1.82) is 0 Å². The average molecular weight is 410 g/mol. The maximum atomic E-state index is 13.0. The molecule has 4 rings (SSSR count). The van der Waals surface area contributed by atoms with Gasteiger partial charge in [-0.15, -0.1) is 11.8 Å². The molecule has 152 valence electrons. The van der Waals surface area contributed by atoms with Crippen molar-refractivity contribution >= 4 is 29.3 Å². The molecule has 2 aliphatic rings. The van der Waals surface area contributed by atoms with Crippen LogP contribution in [0, 0.1) is 18.8 Å². The van der Waals surface area contributed by atoms with Gasteiger partial charge in [0, 0.05) is 43.7 Å². The highest BCUT2D eigenvalue weighted by molar-refractivity contribution is 7.99. The zero-order chi connectivity index (χ0) is 20.2. The van der Waals surface area contributed by atoms with Crippen LogP contribution in [0.25, 0.3) is 0 Å². The summed E-state index contributed by atoms with van der Waals surface area (Å²) in [5.74, 6) is 1.63. The molecule has 0 bridgehead atoms. The van der Waals surface area contributed by atoms with E-state index >= 15 is 0 Å². The van der Waals surface area contributed by atoms with E-state index in [0.717, 1.165) is 48.0 Å². The highest BCUT2D eigenvalue weighted by atomic mass is 32.2. The minimum absolute atomic E-state index is 0.0499. The Bertz CT molecular complexity index is 848. The summed E-state index contributed by atoms with van der Waals surface area (Å²) in [6.07, 6.45) is 4.19. The summed E-state index contributed by atoms with van der Waals surface area (Å²) >= 11 is 1.80. The Kier molecular flexibility index (Phi) is 6.19. The Labute approximate surface area is 176 Å². The molecule has 29 heavy (non-hydrogen) atoms. The van der Waals surface area contributed by atoms with Gasteiger partial charge in [-0.05, 0) is 49.9 Å². The molecule has 2 saturated heterocycles. The molecule has 3 heterocycles. The number of aromatic nitrogens is 1. The number of pyridine rings is 1. The second kappa shape index (κ2) is 8.99. The number of rotatable bonds is 5. The number of aryl methyl sites for hydroxylation is 1. The van der Waals surface area contributed by atoms with Gasteiger partial charge in [-0.2, -0.15) is 0 Å². The maximum Gasteiger partial charge on any atom is 0.228 e. The number of hydrogen-bond donors (Lipinski definition) is 0. The van der Waals surface area contributed by atoms with Crippen molar-refractivity contribution in [3.05, 3.63) is 54.2 Å². The van der Waals surface area contributed by atoms with Crippen molar-refractivity contribution in [3.63, 3.8) is 0 Å². The molecule has 0 aliphatic carbocycles. The Morgan fingerprint density at radius 2 is 1.90 bits per heavy atom. The molecule has 0 radical (unpaired) electrons. The predicted octanol–water partition coefficient (Wildman–Crippen LogP) is 3.77. The van der Waals surface area contributed by atoms with Crippen LogP contribution in [0.2, 0.25) is 0 Å². The van der Waals surface area contributed by atoms with E-state index in [1.807, 2.05) is 60.5 Å². The molecular weight excluding hydrogens is 382 g/mol. The van der Waals surface area contributed by atoms with Crippen LogP contribution in [0.15, 0.2) is 53.7 Å². The number of benzene rings is 1.